The molecule has 114 valence electrons. The summed E-state index contributed by atoms with van der Waals surface area (Å²) in [4.78, 5) is 12.6. The standard InChI is InChI=1S/C18H26N2O/c1-13(14-7-3-2-4-8-14)20-18(21)16-9-5-11-17-15(16)10-6-12-19-17/h5,9,11,13-14,19H,2-4,6-8,10,12H2,1H3,(H,20,21). The molecule has 1 fully saturated rings. The third kappa shape index (κ3) is 3.22. The number of anilines is 1. The van der Waals surface area contributed by atoms with Crippen molar-refractivity contribution in [1.29, 1.82) is 0 Å². The van der Waals surface area contributed by atoms with E-state index in [9.17, 15) is 4.79 Å². The summed E-state index contributed by atoms with van der Waals surface area (Å²) in [5, 5.41) is 6.64. The number of carbonyl (C=O) groups excluding carboxylic acids is 1. The first-order chi connectivity index (χ1) is 10.3. The minimum atomic E-state index is 0.105. The number of carbonyl (C=O) groups is 1. The van der Waals surface area contributed by atoms with Crippen LogP contribution in [0.1, 0.15) is 61.4 Å². The third-order valence-corrected chi connectivity index (χ3v) is 5.06. The van der Waals surface area contributed by atoms with Gasteiger partial charge in [0.25, 0.3) is 5.91 Å². The Morgan fingerprint density at radius 2 is 2.05 bits per heavy atom. The van der Waals surface area contributed by atoms with E-state index < -0.39 is 0 Å². The monoisotopic (exact) mass is 286 g/mol. The van der Waals surface area contributed by atoms with Crippen LogP contribution >= 0.6 is 0 Å². The number of hydrogen-bond donors (Lipinski definition) is 2. The molecule has 0 radical (unpaired) electrons. The van der Waals surface area contributed by atoms with Gasteiger partial charge in [0.05, 0.1) is 0 Å². The van der Waals surface area contributed by atoms with Crippen LogP contribution in [0.2, 0.25) is 0 Å². The van der Waals surface area contributed by atoms with E-state index in [0.717, 1.165) is 30.6 Å². The van der Waals surface area contributed by atoms with Gasteiger partial charge in [0.1, 0.15) is 0 Å². The molecule has 1 unspecified atom stereocenters. The highest BCUT2D eigenvalue weighted by atomic mass is 16.1. The Hall–Kier alpha value is -1.51. The van der Waals surface area contributed by atoms with E-state index in [1.165, 1.54) is 37.7 Å². The van der Waals surface area contributed by atoms with Gasteiger partial charge in [0.15, 0.2) is 0 Å². The zero-order valence-electron chi connectivity index (χ0n) is 13.0. The average molecular weight is 286 g/mol. The number of benzene rings is 1. The maximum Gasteiger partial charge on any atom is 0.251 e. The molecule has 0 aromatic heterocycles. The maximum atomic E-state index is 12.6. The Kier molecular flexibility index (Phi) is 4.47. The predicted molar refractivity (Wildman–Crippen MR) is 86.8 cm³/mol. The molecule has 1 heterocycles. The number of nitrogens with one attached hydrogen (secondary N) is 2. The lowest BCUT2D eigenvalue weighted by atomic mass is 9.84. The highest BCUT2D eigenvalue weighted by molar-refractivity contribution is 5.97. The molecule has 0 saturated heterocycles. The van der Waals surface area contributed by atoms with Crippen LogP contribution in [-0.4, -0.2) is 18.5 Å². The van der Waals surface area contributed by atoms with Gasteiger partial charge < -0.3 is 10.6 Å². The fraction of sp³-hybridized carbons (Fsp3) is 0.611. The summed E-state index contributed by atoms with van der Waals surface area (Å²) < 4.78 is 0. The third-order valence-electron chi connectivity index (χ3n) is 5.06. The number of fused-ring (bicyclic) bond motifs is 1. The molecule has 3 rings (SSSR count). The van der Waals surface area contributed by atoms with Gasteiger partial charge in [-0.3, -0.25) is 4.79 Å². The molecule has 1 aromatic rings. The lowest BCUT2D eigenvalue weighted by Gasteiger charge is -2.29. The minimum Gasteiger partial charge on any atom is -0.385 e. The summed E-state index contributed by atoms with van der Waals surface area (Å²) in [5.41, 5.74) is 3.19. The van der Waals surface area contributed by atoms with Gasteiger partial charge in [-0.15, -0.1) is 0 Å². The lowest BCUT2D eigenvalue weighted by molar-refractivity contribution is 0.0918. The molecule has 3 heteroatoms. The van der Waals surface area contributed by atoms with Gasteiger partial charge in [-0.25, -0.2) is 0 Å². The number of amides is 1. The van der Waals surface area contributed by atoms with E-state index in [4.69, 9.17) is 0 Å². The zero-order chi connectivity index (χ0) is 14.7. The topological polar surface area (TPSA) is 41.1 Å². The Morgan fingerprint density at radius 1 is 1.24 bits per heavy atom. The van der Waals surface area contributed by atoms with Crippen molar-refractivity contribution in [2.75, 3.05) is 11.9 Å². The van der Waals surface area contributed by atoms with Crippen molar-refractivity contribution < 1.29 is 4.79 Å². The highest BCUT2D eigenvalue weighted by Crippen LogP contribution is 2.28. The van der Waals surface area contributed by atoms with Crippen molar-refractivity contribution in [1.82, 2.24) is 5.32 Å². The molecular formula is C18H26N2O. The summed E-state index contributed by atoms with van der Waals surface area (Å²) in [6, 6.07) is 6.31. The quantitative estimate of drug-likeness (QED) is 0.888. The van der Waals surface area contributed by atoms with E-state index in [1.54, 1.807) is 0 Å². The molecule has 2 aliphatic rings. The molecule has 1 atom stereocenters. The van der Waals surface area contributed by atoms with Crippen LogP contribution in [0, 0.1) is 5.92 Å². The van der Waals surface area contributed by atoms with Crippen LogP contribution < -0.4 is 10.6 Å². The molecule has 0 spiro atoms. The van der Waals surface area contributed by atoms with Crippen molar-refractivity contribution in [3.05, 3.63) is 29.3 Å². The van der Waals surface area contributed by atoms with Crippen molar-refractivity contribution in [2.45, 2.75) is 57.9 Å². The van der Waals surface area contributed by atoms with Crippen LogP contribution in [0.3, 0.4) is 0 Å². The first-order valence-corrected chi connectivity index (χ1v) is 8.42. The summed E-state index contributed by atoms with van der Waals surface area (Å²) in [7, 11) is 0. The SMILES string of the molecule is CC(NC(=O)c1cccc2c1CCCN2)C1CCCCC1. The van der Waals surface area contributed by atoms with Crippen LogP contribution in [-0.2, 0) is 6.42 Å². The Balaban J connectivity index is 1.70. The molecule has 3 nitrogen and oxygen atoms in total. The Labute approximate surface area is 127 Å². The van der Waals surface area contributed by atoms with E-state index in [-0.39, 0.29) is 11.9 Å². The van der Waals surface area contributed by atoms with Crippen LogP contribution in [0.5, 0.6) is 0 Å². The van der Waals surface area contributed by atoms with E-state index in [2.05, 4.69) is 23.6 Å². The predicted octanol–water partition coefficient (Wildman–Crippen LogP) is 3.74. The van der Waals surface area contributed by atoms with E-state index in [1.807, 2.05) is 12.1 Å². The van der Waals surface area contributed by atoms with Crippen molar-refractivity contribution in [3.63, 3.8) is 0 Å². The lowest BCUT2D eigenvalue weighted by Crippen LogP contribution is -2.39. The second-order valence-corrected chi connectivity index (χ2v) is 6.52. The summed E-state index contributed by atoms with van der Waals surface area (Å²) in [6.45, 7) is 3.18. The van der Waals surface area contributed by atoms with Crippen molar-refractivity contribution in [3.8, 4) is 0 Å². The van der Waals surface area contributed by atoms with Gasteiger partial charge in [0, 0.05) is 23.8 Å². The maximum absolute atomic E-state index is 12.6. The minimum absolute atomic E-state index is 0.105. The first kappa shape index (κ1) is 14.4. The summed E-state index contributed by atoms with van der Waals surface area (Å²) in [5.74, 6) is 0.758. The van der Waals surface area contributed by atoms with E-state index in [0.29, 0.717) is 5.92 Å². The zero-order valence-corrected chi connectivity index (χ0v) is 13.0. The molecule has 1 aromatic carbocycles. The average Bonchev–Trinajstić information content (AvgIpc) is 2.55. The number of rotatable bonds is 3. The molecule has 1 amide bonds. The molecule has 0 bridgehead atoms. The van der Waals surface area contributed by atoms with Crippen LogP contribution in [0.15, 0.2) is 18.2 Å². The second kappa shape index (κ2) is 6.50. The number of hydrogen-bond acceptors (Lipinski definition) is 2. The van der Waals surface area contributed by atoms with Crippen molar-refractivity contribution in [2.24, 2.45) is 5.92 Å². The second-order valence-electron chi connectivity index (χ2n) is 6.52. The largest absolute Gasteiger partial charge is 0.385 e. The Morgan fingerprint density at radius 3 is 2.86 bits per heavy atom. The van der Waals surface area contributed by atoms with Crippen molar-refractivity contribution >= 4 is 11.6 Å². The fourth-order valence-electron chi connectivity index (χ4n) is 3.76. The summed E-state index contributed by atoms with van der Waals surface area (Å²) in [6.07, 6.45) is 8.62. The molecule has 1 aliphatic carbocycles. The smallest absolute Gasteiger partial charge is 0.251 e. The normalized spacial score (nSPS) is 20.2. The van der Waals surface area contributed by atoms with Gasteiger partial charge in [-0.1, -0.05) is 25.3 Å². The van der Waals surface area contributed by atoms with Gasteiger partial charge in [0.2, 0.25) is 0 Å². The van der Waals surface area contributed by atoms with Gasteiger partial charge in [-0.05, 0) is 56.2 Å². The molecule has 1 saturated carbocycles. The molecule has 2 N–H and O–H groups in total. The molecule has 21 heavy (non-hydrogen) atoms. The fourth-order valence-corrected chi connectivity index (χ4v) is 3.76. The Bertz CT molecular complexity index is 506. The van der Waals surface area contributed by atoms with E-state index >= 15 is 0 Å². The highest BCUT2D eigenvalue weighted by Gasteiger charge is 2.23. The van der Waals surface area contributed by atoms with Gasteiger partial charge in [-0.2, -0.15) is 0 Å². The van der Waals surface area contributed by atoms with Crippen LogP contribution in [0.4, 0.5) is 5.69 Å². The van der Waals surface area contributed by atoms with Crippen LogP contribution in [0.25, 0.3) is 0 Å². The van der Waals surface area contributed by atoms with Gasteiger partial charge >= 0.3 is 0 Å². The first-order valence-electron chi connectivity index (χ1n) is 8.42. The molecular weight excluding hydrogens is 260 g/mol. The summed E-state index contributed by atoms with van der Waals surface area (Å²) >= 11 is 0. The molecule has 1 aliphatic heterocycles.